The van der Waals surface area contributed by atoms with Crippen LogP contribution in [0, 0.1) is 5.82 Å². The molecular formula is C12H9FN2O4. The molecule has 0 bridgehead atoms. The minimum atomic E-state index is -1.45. The molecule has 98 valence electrons. The molecule has 0 amide bonds. The van der Waals surface area contributed by atoms with E-state index < -0.39 is 28.6 Å². The van der Waals surface area contributed by atoms with Gasteiger partial charge >= 0.3 is 11.7 Å². The van der Waals surface area contributed by atoms with Gasteiger partial charge < -0.3 is 9.67 Å². The average Bonchev–Trinajstić information content (AvgIpc) is 2.34. The Balaban J connectivity index is 2.87. The molecule has 19 heavy (non-hydrogen) atoms. The van der Waals surface area contributed by atoms with Gasteiger partial charge in [0.1, 0.15) is 11.4 Å². The van der Waals surface area contributed by atoms with Crippen molar-refractivity contribution < 1.29 is 14.3 Å². The molecule has 0 atom stereocenters. The van der Waals surface area contributed by atoms with E-state index in [2.05, 4.69) is 0 Å². The minimum Gasteiger partial charge on any atom is -0.477 e. The van der Waals surface area contributed by atoms with Gasteiger partial charge in [-0.2, -0.15) is 0 Å². The molecule has 1 aromatic heterocycles. The summed E-state index contributed by atoms with van der Waals surface area (Å²) in [7, 11) is 1.31. The number of aromatic carboxylic acids is 1. The Kier molecular flexibility index (Phi) is 3.04. The number of carbonyl (C=O) groups is 1. The molecule has 0 aliphatic rings. The fourth-order valence-corrected chi connectivity index (χ4v) is 1.66. The molecular weight excluding hydrogens is 255 g/mol. The van der Waals surface area contributed by atoms with Crippen LogP contribution in [0.1, 0.15) is 10.4 Å². The smallest absolute Gasteiger partial charge is 0.342 e. The molecule has 6 nitrogen and oxygen atoms in total. The van der Waals surface area contributed by atoms with Crippen molar-refractivity contribution in [3.8, 4) is 5.69 Å². The lowest BCUT2D eigenvalue weighted by Crippen LogP contribution is -2.40. The molecule has 2 rings (SSSR count). The van der Waals surface area contributed by atoms with Crippen LogP contribution in [0.15, 0.2) is 40.1 Å². The zero-order valence-electron chi connectivity index (χ0n) is 9.83. The van der Waals surface area contributed by atoms with Crippen LogP contribution in [0.3, 0.4) is 0 Å². The first kappa shape index (κ1) is 12.7. The molecule has 0 radical (unpaired) electrons. The van der Waals surface area contributed by atoms with E-state index in [4.69, 9.17) is 5.11 Å². The van der Waals surface area contributed by atoms with Crippen LogP contribution in [0.4, 0.5) is 4.39 Å². The molecule has 0 fully saturated rings. The summed E-state index contributed by atoms with van der Waals surface area (Å²) < 4.78 is 14.7. The van der Waals surface area contributed by atoms with E-state index in [0.29, 0.717) is 4.57 Å². The summed E-state index contributed by atoms with van der Waals surface area (Å²) in [6.07, 6.45) is 0.933. The number of aromatic nitrogens is 2. The van der Waals surface area contributed by atoms with Crippen LogP contribution >= 0.6 is 0 Å². The third-order valence-corrected chi connectivity index (χ3v) is 2.55. The number of carboxylic acids is 1. The first-order chi connectivity index (χ1) is 8.91. The molecule has 1 N–H and O–H groups in total. The average molecular weight is 264 g/mol. The predicted octanol–water partition coefficient (Wildman–Crippen LogP) is 0.373. The van der Waals surface area contributed by atoms with Crippen molar-refractivity contribution in [2.24, 2.45) is 7.05 Å². The molecule has 0 aliphatic heterocycles. The standard InChI is InChI=1S/C12H9FN2O4/c1-14-6-9(11(17)18)10(16)15(12(14)19)8-4-2-3-7(13)5-8/h2-6H,1H3,(H,17,18). The van der Waals surface area contributed by atoms with Crippen LogP contribution in [-0.2, 0) is 7.05 Å². The van der Waals surface area contributed by atoms with E-state index in [1.54, 1.807) is 0 Å². The van der Waals surface area contributed by atoms with E-state index in [1.165, 1.54) is 19.2 Å². The highest BCUT2D eigenvalue weighted by atomic mass is 19.1. The van der Waals surface area contributed by atoms with Gasteiger partial charge in [0.05, 0.1) is 5.69 Å². The van der Waals surface area contributed by atoms with Gasteiger partial charge in [-0.15, -0.1) is 0 Å². The number of benzene rings is 1. The van der Waals surface area contributed by atoms with Crippen molar-refractivity contribution in [1.29, 1.82) is 0 Å². The van der Waals surface area contributed by atoms with Gasteiger partial charge in [0.2, 0.25) is 0 Å². The summed E-state index contributed by atoms with van der Waals surface area (Å²) in [6.45, 7) is 0. The molecule has 7 heteroatoms. The SMILES string of the molecule is Cn1cc(C(=O)O)c(=O)n(-c2cccc(F)c2)c1=O. The number of carboxylic acid groups (broad SMARTS) is 1. The topological polar surface area (TPSA) is 81.3 Å². The van der Waals surface area contributed by atoms with Gasteiger partial charge in [-0.05, 0) is 18.2 Å². The molecule has 0 aliphatic carbocycles. The Morgan fingerprint density at radius 3 is 2.58 bits per heavy atom. The molecule has 0 unspecified atom stereocenters. The number of rotatable bonds is 2. The number of hydrogen-bond donors (Lipinski definition) is 1. The fraction of sp³-hybridized carbons (Fsp3) is 0.0833. The van der Waals surface area contributed by atoms with Crippen molar-refractivity contribution in [3.05, 3.63) is 62.7 Å². The molecule has 1 aromatic carbocycles. The van der Waals surface area contributed by atoms with Crippen molar-refractivity contribution in [2.75, 3.05) is 0 Å². The van der Waals surface area contributed by atoms with Crippen molar-refractivity contribution >= 4 is 5.97 Å². The lowest BCUT2D eigenvalue weighted by Gasteiger charge is -2.08. The molecule has 2 aromatic rings. The highest BCUT2D eigenvalue weighted by Crippen LogP contribution is 2.05. The zero-order chi connectivity index (χ0) is 14.2. The van der Waals surface area contributed by atoms with Gasteiger partial charge in [-0.1, -0.05) is 6.07 Å². The Morgan fingerprint density at radius 1 is 1.32 bits per heavy atom. The van der Waals surface area contributed by atoms with E-state index in [0.717, 1.165) is 22.9 Å². The van der Waals surface area contributed by atoms with E-state index in [9.17, 15) is 18.8 Å². The van der Waals surface area contributed by atoms with Crippen molar-refractivity contribution in [1.82, 2.24) is 9.13 Å². The Labute approximate surface area is 106 Å². The summed E-state index contributed by atoms with van der Waals surface area (Å²) in [4.78, 5) is 34.8. The maximum atomic E-state index is 13.1. The molecule has 0 saturated carbocycles. The van der Waals surface area contributed by atoms with Gasteiger partial charge in [-0.25, -0.2) is 18.5 Å². The minimum absolute atomic E-state index is 0.0197. The van der Waals surface area contributed by atoms with Gasteiger partial charge in [0.15, 0.2) is 0 Å². The van der Waals surface area contributed by atoms with Gasteiger partial charge in [0.25, 0.3) is 5.56 Å². The number of halogens is 1. The number of hydrogen-bond acceptors (Lipinski definition) is 3. The highest BCUT2D eigenvalue weighted by molar-refractivity contribution is 5.86. The van der Waals surface area contributed by atoms with Gasteiger partial charge in [-0.3, -0.25) is 4.79 Å². The lowest BCUT2D eigenvalue weighted by molar-refractivity contribution is 0.0693. The monoisotopic (exact) mass is 264 g/mol. The van der Waals surface area contributed by atoms with Crippen LogP contribution in [0.2, 0.25) is 0 Å². The van der Waals surface area contributed by atoms with Crippen LogP contribution in [0.5, 0.6) is 0 Å². The second-order valence-electron chi connectivity index (χ2n) is 3.86. The first-order valence-electron chi connectivity index (χ1n) is 5.23. The van der Waals surface area contributed by atoms with Crippen LogP contribution < -0.4 is 11.2 Å². The van der Waals surface area contributed by atoms with Gasteiger partial charge in [0, 0.05) is 13.2 Å². The third-order valence-electron chi connectivity index (χ3n) is 2.55. The molecule has 1 heterocycles. The van der Waals surface area contributed by atoms with Crippen molar-refractivity contribution in [3.63, 3.8) is 0 Å². The second kappa shape index (κ2) is 4.52. The first-order valence-corrected chi connectivity index (χ1v) is 5.23. The lowest BCUT2D eigenvalue weighted by atomic mass is 10.3. The maximum Gasteiger partial charge on any atom is 0.342 e. The summed E-state index contributed by atoms with van der Waals surface area (Å²) in [5.74, 6) is -2.09. The number of nitrogens with zero attached hydrogens (tertiary/aromatic N) is 2. The fourth-order valence-electron chi connectivity index (χ4n) is 1.66. The van der Waals surface area contributed by atoms with Crippen LogP contribution in [-0.4, -0.2) is 20.2 Å². The summed E-state index contributed by atoms with van der Waals surface area (Å²) in [5.41, 5.74) is -2.33. The van der Waals surface area contributed by atoms with E-state index in [-0.39, 0.29) is 5.69 Å². The quantitative estimate of drug-likeness (QED) is 0.849. The van der Waals surface area contributed by atoms with Crippen molar-refractivity contribution in [2.45, 2.75) is 0 Å². The maximum absolute atomic E-state index is 13.1. The van der Waals surface area contributed by atoms with Crippen LogP contribution in [0.25, 0.3) is 5.69 Å². The van der Waals surface area contributed by atoms with E-state index >= 15 is 0 Å². The highest BCUT2D eigenvalue weighted by Gasteiger charge is 2.16. The zero-order valence-corrected chi connectivity index (χ0v) is 9.83. The summed E-state index contributed by atoms with van der Waals surface area (Å²) >= 11 is 0. The van der Waals surface area contributed by atoms with E-state index in [1.807, 2.05) is 0 Å². The third kappa shape index (κ3) is 2.17. The molecule has 0 saturated heterocycles. The predicted molar refractivity (Wildman–Crippen MR) is 64.2 cm³/mol. The Morgan fingerprint density at radius 2 is 2.00 bits per heavy atom. The summed E-state index contributed by atoms with van der Waals surface area (Å²) in [6, 6.07) is 4.80. The Hall–Kier alpha value is -2.70. The summed E-state index contributed by atoms with van der Waals surface area (Å²) in [5, 5.41) is 8.90. The normalized spacial score (nSPS) is 10.4. The molecule has 0 spiro atoms. The largest absolute Gasteiger partial charge is 0.477 e. The second-order valence-corrected chi connectivity index (χ2v) is 3.86. The number of aryl methyl sites for hydroxylation is 1. The Bertz CT molecular complexity index is 776.